The molecule has 2 aliphatic rings. The number of carbonyl (C=O) groups excluding carboxylic acids is 1. The largest absolute Gasteiger partial charge is 0.453 e. The Hall–Kier alpha value is -1.92. The highest BCUT2D eigenvalue weighted by Crippen LogP contribution is 2.43. The molecule has 2 rings (SSSR count). The monoisotopic (exact) mass is 510 g/mol. The van der Waals surface area contributed by atoms with Gasteiger partial charge in [-0.15, -0.1) is 0 Å². The standard InChI is InChI=1S/C24H47BN6O5/c1-18(2)20(17-25(33)34)28-22(32)24-19(15-16-27-23(26)30-31(35)36)13-11-9-7-5-3-4-6-8-10-12-14-21(24)29-24/h18-21,29,33-34H,3-17H2,1-2H3,(H,28,32)(H3,26,27,30)/t19?,20-,21?,24?/m0/s1. The van der Waals surface area contributed by atoms with E-state index in [-0.39, 0.29) is 42.1 Å². The van der Waals surface area contributed by atoms with Gasteiger partial charge in [-0.25, -0.2) is 10.1 Å². The summed E-state index contributed by atoms with van der Waals surface area (Å²) in [4.78, 5) is 24.4. The summed E-state index contributed by atoms with van der Waals surface area (Å²) in [5.74, 6) is -0.428. The predicted octanol–water partition coefficient (Wildman–Crippen LogP) is 2.32. The van der Waals surface area contributed by atoms with Gasteiger partial charge >= 0.3 is 7.12 Å². The van der Waals surface area contributed by atoms with Crippen molar-refractivity contribution >= 4 is 19.0 Å². The van der Waals surface area contributed by atoms with Crippen LogP contribution in [0.4, 0.5) is 0 Å². The number of nitrogens with zero attached hydrogens (tertiary/aromatic N) is 1. The summed E-state index contributed by atoms with van der Waals surface area (Å²) in [6.45, 7) is 4.25. The van der Waals surface area contributed by atoms with Crippen LogP contribution in [0.5, 0.6) is 0 Å². The molecule has 36 heavy (non-hydrogen) atoms. The predicted molar refractivity (Wildman–Crippen MR) is 141 cm³/mol. The van der Waals surface area contributed by atoms with E-state index in [1.54, 1.807) is 0 Å². The van der Waals surface area contributed by atoms with Gasteiger partial charge < -0.3 is 20.7 Å². The highest BCUT2D eigenvalue weighted by molar-refractivity contribution is 6.41. The van der Waals surface area contributed by atoms with Crippen LogP contribution in [-0.2, 0) is 4.79 Å². The molecule has 7 N–H and O–H groups in total. The Morgan fingerprint density at radius 1 is 1.08 bits per heavy atom. The molecule has 1 aliphatic heterocycles. The Bertz CT molecular complexity index is 712. The number of hydrazine groups is 1. The molecular formula is C24H47BN6O5. The highest BCUT2D eigenvalue weighted by Gasteiger charge is 2.63. The maximum absolute atomic E-state index is 13.8. The van der Waals surface area contributed by atoms with Gasteiger partial charge in [0.05, 0.1) is 0 Å². The van der Waals surface area contributed by atoms with Crippen molar-refractivity contribution in [3.63, 3.8) is 0 Å². The molecule has 1 saturated carbocycles. The van der Waals surface area contributed by atoms with E-state index in [9.17, 15) is 25.0 Å². The molecule has 0 radical (unpaired) electrons. The SMILES string of the molecule is CC(C)[C@H](CB(O)O)NC(=O)C12NC1CCCCCCCCCCCCC2CCNC(=N)N[N+](=O)[O-]. The first-order valence-corrected chi connectivity index (χ1v) is 13.8. The van der Waals surface area contributed by atoms with Crippen LogP contribution in [0.25, 0.3) is 0 Å². The van der Waals surface area contributed by atoms with Crippen LogP contribution in [0.2, 0.25) is 6.32 Å². The lowest BCUT2D eigenvalue weighted by molar-refractivity contribution is -0.525. The number of rotatable bonds is 9. The third kappa shape index (κ3) is 9.86. The van der Waals surface area contributed by atoms with Crippen molar-refractivity contribution in [1.82, 2.24) is 21.4 Å². The molecule has 206 valence electrons. The second-order valence-electron chi connectivity index (χ2n) is 10.9. The van der Waals surface area contributed by atoms with Crippen molar-refractivity contribution in [1.29, 1.82) is 5.41 Å². The van der Waals surface area contributed by atoms with Gasteiger partial charge in [0.1, 0.15) is 5.54 Å². The van der Waals surface area contributed by atoms with E-state index >= 15 is 0 Å². The molecular weight excluding hydrogens is 463 g/mol. The van der Waals surface area contributed by atoms with Crippen LogP contribution in [0.15, 0.2) is 0 Å². The Morgan fingerprint density at radius 2 is 1.64 bits per heavy atom. The average Bonchev–Trinajstić information content (AvgIpc) is 3.51. The van der Waals surface area contributed by atoms with Gasteiger partial charge in [-0.3, -0.25) is 15.5 Å². The molecule has 1 saturated heterocycles. The number of fused-ring (bicyclic) bond motifs is 1. The molecule has 0 bridgehead atoms. The van der Waals surface area contributed by atoms with Crippen molar-refractivity contribution in [2.75, 3.05) is 6.54 Å². The topological polar surface area (TPSA) is 183 Å². The first-order valence-electron chi connectivity index (χ1n) is 13.8. The van der Waals surface area contributed by atoms with Crippen molar-refractivity contribution in [2.24, 2.45) is 11.8 Å². The van der Waals surface area contributed by atoms with Crippen molar-refractivity contribution in [3.8, 4) is 0 Å². The van der Waals surface area contributed by atoms with E-state index in [1.165, 1.54) is 38.5 Å². The molecule has 3 unspecified atom stereocenters. The van der Waals surface area contributed by atoms with E-state index in [2.05, 4.69) is 16.0 Å². The number of nitrogens with one attached hydrogen (secondary N) is 5. The van der Waals surface area contributed by atoms with Crippen LogP contribution in [0, 0.1) is 27.4 Å². The van der Waals surface area contributed by atoms with Crippen molar-refractivity contribution < 1.29 is 19.9 Å². The first-order chi connectivity index (χ1) is 17.2. The van der Waals surface area contributed by atoms with Crippen LogP contribution in [0.3, 0.4) is 0 Å². The van der Waals surface area contributed by atoms with Gasteiger partial charge in [0, 0.05) is 24.9 Å². The maximum atomic E-state index is 13.8. The van der Waals surface area contributed by atoms with Gasteiger partial charge in [-0.2, -0.15) is 0 Å². The molecule has 1 aliphatic carbocycles. The summed E-state index contributed by atoms with van der Waals surface area (Å²) in [5, 5.41) is 46.0. The van der Waals surface area contributed by atoms with Crippen molar-refractivity contribution in [3.05, 3.63) is 10.1 Å². The van der Waals surface area contributed by atoms with E-state index < -0.39 is 17.7 Å². The summed E-state index contributed by atoms with van der Waals surface area (Å²) in [6.07, 6.45) is 14.2. The lowest BCUT2D eigenvalue weighted by Gasteiger charge is -2.30. The summed E-state index contributed by atoms with van der Waals surface area (Å²) in [7, 11) is -1.49. The van der Waals surface area contributed by atoms with Crippen LogP contribution in [0.1, 0.15) is 97.3 Å². The van der Waals surface area contributed by atoms with Gasteiger partial charge in [-0.05, 0) is 31.1 Å². The fourth-order valence-corrected chi connectivity index (χ4v) is 5.63. The molecule has 2 fully saturated rings. The molecule has 11 nitrogen and oxygen atoms in total. The van der Waals surface area contributed by atoms with Crippen LogP contribution >= 0.6 is 0 Å². The number of carbonyl (C=O) groups is 1. The number of guanidine groups is 1. The Kier molecular flexibility index (Phi) is 12.9. The Balaban J connectivity index is 2.18. The van der Waals surface area contributed by atoms with Gasteiger partial charge in [0.25, 0.3) is 5.96 Å². The number of amides is 1. The van der Waals surface area contributed by atoms with Crippen molar-refractivity contribution in [2.45, 2.75) is 121 Å². The van der Waals surface area contributed by atoms with E-state index in [1.807, 2.05) is 19.3 Å². The lowest BCUT2D eigenvalue weighted by atomic mass is 9.76. The third-order valence-electron chi connectivity index (χ3n) is 7.78. The molecule has 1 amide bonds. The lowest BCUT2D eigenvalue weighted by Crippen LogP contribution is -2.52. The van der Waals surface area contributed by atoms with E-state index in [0.717, 1.165) is 38.5 Å². The van der Waals surface area contributed by atoms with Gasteiger partial charge in [-0.1, -0.05) is 83.5 Å². The zero-order valence-corrected chi connectivity index (χ0v) is 22.1. The number of nitro groups is 1. The zero-order valence-electron chi connectivity index (χ0n) is 22.1. The molecule has 0 aromatic heterocycles. The molecule has 0 aromatic carbocycles. The molecule has 0 aromatic rings. The summed E-state index contributed by atoms with van der Waals surface area (Å²) in [6, 6.07) is -0.307. The Labute approximate surface area is 215 Å². The van der Waals surface area contributed by atoms with E-state index in [0.29, 0.717) is 13.0 Å². The molecule has 4 atom stereocenters. The second-order valence-corrected chi connectivity index (χ2v) is 10.9. The zero-order chi connectivity index (χ0) is 26.6. The highest BCUT2D eigenvalue weighted by atomic mass is 16.7. The normalized spacial score (nSPS) is 26.5. The Morgan fingerprint density at radius 3 is 2.17 bits per heavy atom. The van der Waals surface area contributed by atoms with Gasteiger partial charge in [0.15, 0.2) is 5.03 Å². The fourth-order valence-electron chi connectivity index (χ4n) is 5.63. The minimum Gasteiger partial charge on any atom is -0.427 e. The number of hydrogen-bond acceptors (Lipinski definition) is 7. The maximum Gasteiger partial charge on any atom is 0.453 e. The van der Waals surface area contributed by atoms with E-state index in [4.69, 9.17) is 5.41 Å². The quantitative estimate of drug-likeness (QED) is 0.0616. The minimum atomic E-state index is -1.49. The van der Waals surface area contributed by atoms with Crippen LogP contribution in [-0.4, -0.2) is 58.2 Å². The summed E-state index contributed by atoms with van der Waals surface area (Å²) in [5.41, 5.74) is 1.08. The average molecular weight is 510 g/mol. The molecule has 1 heterocycles. The first kappa shape index (κ1) is 30.3. The number of hydrogen-bond donors (Lipinski definition) is 7. The smallest absolute Gasteiger partial charge is 0.427 e. The third-order valence-corrected chi connectivity index (χ3v) is 7.78. The fraction of sp³-hybridized carbons (Fsp3) is 0.917. The summed E-state index contributed by atoms with van der Waals surface area (Å²) < 4.78 is 0. The second kappa shape index (κ2) is 15.4. The summed E-state index contributed by atoms with van der Waals surface area (Å²) >= 11 is 0. The van der Waals surface area contributed by atoms with Gasteiger partial charge in [0.2, 0.25) is 5.91 Å². The van der Waals surface area contributed by atoms with Crippen LogP contribution < -0.4 is 21.4 Å². The molecule has 12 heteroatoms. The molecule has 0 spiro atoms. The minimum absolute atomic E-state index is 0.00426.